The van der Waals surface area contributed by atoms with E-state index in [4.69, 9.17) is 14.6 Å². The van der Waals surface area contributed by atoms with Gasteiger partial charge < -0.3 is 19.5 Å². The van der Waals surface area contributed by atoms with E-state index in [1.54, 1.807) is 24.1 Å². The minimum atomic E-state index is -0.960. The third kappa shape index (κ3) is 4.82. The number of carbonyl (C=O) groups is 2. The van der Waals surface area contributed by atoms with Gasteiger partial charge in [0, 0.05) is 20.2 Å². The van der Waals surface area contributed by atoms with Gasteiger partial charge in [-0.1, -0.05) is 12.1 Å². The van der Waals surface area contributed by atoms with Crippen LogP contribution in [0, 0.1) is 0 Å². The van der Waals surface area contributed by atoms with Crippen LogP contribution in [0.3, 0.4) is 0 Å². The summed E-state index contributed by atoms with van der Waals surface area (Å²) in [6.45, 7) is 1.67. The predicted molar refractivity (Wildman–Crippen MR) is 79.7 cm³/mol. The van der Waals surface area contributed by atoms with Crippen molar-refractivity contribution in [2.45, 2.75) is 25.5 Å². The molecule has 1 unspecified atom stereocenters. The lowest BCUT2D eigenvalue weighted by Gasteiger charge is -2.18. The summed E-state index contributed by atoms with van der Waals surface area (Å²) in [5.41, 5.74) is 1.11. The number of aromatic carboxylic acids is 1. The van der Waals surface area contributed by atoms with Crippen molar-refractivity contribution in [2.24, 2.45) is 0 Å². The molecule has 1 aliphatic heterocycles. The Morgan fingerprint density at radius 3 is 2.68 bits per heavy atom. The van der Waals surface area contributed by atoms with Crippen LogP contribution in [0.5, 0.6) is 0 Å². The highest BCUT2D eigenvalue weighted by Crippen LogP contribution is 2.12. The van der Waals surface area contributed by atoms with Gasteiger partial charge in [0.2, 0.25) is 5.91 Å². The van der Waals surface area contributed by atoms with Crippen molar-refractivity contribution in [3.63, 3.8) is 0 Å². The lowest BCUT2D eigenvalue weighted by molar-refractivity contribution is -0.136. The number of rotatable bonds is 7. The second-order valence-corrected chi connectivity index (χ2v) is 5.40. The maximum atomic E-state index is 12.0. The Kier molecular flexibility index (Phi) is 5.91. The second kappa shape index (κ2) is 7.91. The van der Waals surface area contributed by atoms with Crippen LogP contribution in [-0.2, 0) is 20.8 Å². The van der Waals surface area contributed by atoms with Crippen LogP contribution in [0.25, 0.3) is 0 Å². The third-order valence-corrected chi connectivity index (χ3v) is 3.60. The summed E-state index contributed by atoms with van der Waals surface area (Å²) in [6, 6.07) is 6.48. The number of nitrogens with zero attached hydrogens (tertiary/aromatic N) is 1. The summed E-state index contributed by atoms with van der Waals surface area (Å²) in [5, 5.41) is 8.84. The predicted octanol–water partition coefficient (Wildman–Crippen LogP) is 1.54. The Hall–Kier alpha value is -1.92. The normalized spacial score (nSPS) is 17.4. The zero-order valence-electron chi connectivity index (χ0n) is 12.7. The molecule has 0 radical (unpaired) electrons. The minimum Gasteiger partial charge on any atom is -0.478 e. The molecular weight excluding hydrogens is 286 g/mol. The van der Waals surface area contributed by atoms with Gasteiger partial charge in [-0.15, -0.1) is 0 Å². The third-order valence-electron chi connectivity index (χ3n) is 3.60. The van der Waals surface area contributed by atoms with Crippen LogP contribution in [-0.4, -0.2) is 54.9 Å². The van der Waals surface area contributed by atoms with Crippen molar-refractivity contribution in [1.82, 2.24) is 4.90 Å². The average molecular weight is 307 g/mol. The Morgan fingerprint density at radius 2 is 2.09 bits per heavy atom. The SMILES string of the molecule is CN(Cc1ccc(C(=O)O)cc1)C(=O)COCC1CCCO1. The number of likely N-dealkylation sites (N-methyl/N-ethyl adjacent to an activating group) is 1. The van der Waals surface area contributed by atoms with Crippen LogP contribution >= 0.6 is 0 Å². The number of carbonyl (C=O) groups excluding carboxylic acids is 1. The van der Waals surface area contributed by atoms with Crippen LogP contribution in [0.2, 0.25) is 0 Å². The Labute approximate surface area is 129 Å². The molecule has 0 aliphatic carbocycles. The van der Waals surface area contributed by atoms with Gasteiger partial charge in [-0.05, 0) is 30.5 Å². The van der Waals surface area contributed by atoms with Crippen molar-refractivity contribution in [2.75, 3.05) is 26.9 Å². The molecule has 6 heteroatoms. The summed E-state index contributed by atoms with van der Waals surface area (Å²) >= 11 is 0. The van der Waals surface area contributed by atoms with Crippen molar-refractivity contribution in [3.8, 4) is 0 Å². The van der Waals surface area contributed by atoms with Crippen LogP contribution in [0.1, 0.15) is 28.8 Å². The molecule has 120 valence electrons. The summed E-state index contributed by atoms with van der Waals surface area (Å²) < 4.78 is 10.8. The van der Waals surface area contributed by atoms with Gasteiger partial charge in [-0.3, -0.25) is 4.79 Å². The van der Waals surface area contributed by atoms with E-state index in [1.165, 1.54) is 12.1 Å². The number of amides is 1. The molecule has 1 atom stereocenters. The zero-order valence-corrected chi connectivity index (χ0v) is 12.7. The lowest BCUT2D eigenvalue weighted by Crippen LogP contribution is -2.31. The van der Waals surface area contributed by atoms with Gasteiger partial charge in [0.25, 0.3) is 0 Å². The molecule has 6 nitrogen and oxygen atoms in total. The molecule has 0 bridgehead atoms. The first-order chi connectivity index (χ1) is 10.6. The number of carboxylic acid groups (broad SMARTS) is 1. The summed E-state index contributed by atoms with van der Waals surface area (Å²) in [6.07, 6.45) is 2.15. The molecule has 1 aromatic carbocycles. The quantitative estimate of drug-likeness (QED) is 0.827. The van der Waals surface area contributed by atoms with E-state index in [2.05, 4.69) is 0 Å². The topological polar surface area (TPSA) is 76.1 Å². The molecule has 0 aromatic heterocycles. The largest absolute Gasteiger partial charge is 0.478 e. The number of ether oxygens (including phenoxy) is 2. The number of hydrogen-bond donors (Lipinski definition) is 1. The molecule has 1 aromatic rings. The standard InChI is InChI=1S/C16H21NO5/c1-17(9-12-4-6-13(7-5-12)16(19)20)15(18)11-21-10-14-3-2-8-22-14/h4-7,14H,2-3,8-11H2,1H3,(H,19,20). The van der Waals surface area contributed by atoms with Crippen molar-refractivity contribution < 1.29 is 24.2 Å². The van der Waals surface area contributed by atoms with Crippen molar-refractivity contribution in [3.05, 3.63) is 35.4 Å². The van der Waals surface area contributed by atoms with E-state index < -0.39 is 5.97 Å². The molecule has 1 aliphatic rings. The van der Waals surface area contributed by atoms with Gasteiger partial charge in [0.15, 0.2) is 0 Å². The average Bonchev–Trinajstić information content (AvgIpc) is 3.01. The maximum Gasteiger partial charge on any atom is 0.335 e. The minimum absolute atomic E-state index is 0.0313. The van der Waals surface area contributed by atoms with Crippen LogP contribution in [0.15, 0.2) is 24.3 Å². The van der Waals surface area contributed by atoms with Gasteiger partial charge in [-0.25, -0.2) is 4.79 Å². The van der Waals surface area contributed by atoms with E-state index in [9.17, 15) is 9.59 Å². The van der Waals surface area contributed by atoms with Crippen LogP contribution < -0.4 is 0 Å². The van der Waals surface area contributed by atoms with E-state index in [-0.39, 0.29) is 24.2 Å². The van der Waals surface area contributed by atoms with E-state index in [1.807, 2.05) is 0 Å². The first kappa shape index (κ1) is 16.5. The second-order valence-electron chi connectivity index (χ2n) is 5.40. The van der Waals surface area contributed by atoms with Gasteiger partial charge in [-0.2, -0.15) is 0 Å². The fraction of sp³-hybridized carbons (Fsp3) is 0.500. The molecule has 0 spiro atoms. The Balaban J connectivity index is 1.74. The van der Waals surface area contributed by atoms with E-state index in [0.717, 1.165) is 25.0 Å². The van der Waals surface area contributed by atoms with Gasteiger partial charge >= 0.3 is 5.97 Å². The first-order valence-electron chi connectivity index (χ1n) is 7.32. The molecule has 22 heavy (non-hydrogen) atoms. The molecule has 2 rings (SSSR count). The highest BCUT2D eigenvalue weighted by atomic mass is 16.5. The van der Waals surface area contributed by atoms with Gasteiger partial charge in [0.05, 0.1) is 18.3 Å². The summed E-state index contributed by atoms with van der Waals surface area (Å²) in [4.78, 5) is 24.3. The van der Waals surface area contributed by atoms with E-state index >= 15 is 0 Å². The molecule has 1 fully saturated rings. The lowest BCUT2D eigenvalue weighted by atomic mass is 10.1. The fourth-order valence-electron chi connectivity index (χ4n) is 2.28. The summed E-state index contributed by atoms with van der Waals surface area (Å²) in [7, 11) is 1.70. The molecule has 0 saturated carbocycles. The first-order valence-corrected chi connectivity index (χ1v) is 7.32. The molecule has 1 N–H and O–H groups in total. The maximum absolute atomic E-state index is 12.0. The Morgan fingerprint density at radius 1 is 1.36 bits per heavy atom. The number of hydrogen-bond acceptors (Lipinski definition) is 4. The smallest absolute Gasteiger partial charge is 0.335 e. The molecular formula is C16H21NO5. The fourth-order valence-corrected chi connectivity index (χ4v) is 2.28. The monoisotopic (exact) mass is 307 g/mol. The number of carboxylic acids is 1. The highest BCUT2D eigenvalue weighted by molar-refractivity contribution is 5.87. The number of benzene rings is 1. The molecule has 1 heterocycles. The summed E-state index contributed by atoms with van der Waals surface area (Å²) in [5.74, 6) is -1.07. The van der Waals surface area contributed by atoms with Crippen molar-refractivity contribution >= 4 is 11.9 Å². The molecule has 1 amide bonds. The van der Waals surface area contributed by atoms with Crippen LogP contribution in [0.4, 0.5) is 0 Å². The van der Waals surface area contributed by atoms with Crippen molar-refractivity contribution in [1.29, 1.82) is 0 Å². The highest BCUT2D eigenvalue weighted by Gasteiger charge is 2.17. The molecule has 1 saturated heterocycles. The zero-order chi connectivity index (χ0) is 15.9. The van der Waals surface area contributed by atoms with E-state index in [0.29, 0.717) is 13.2 Å². The Bertz CT molecular complexity index is 508. The van der Waals surface area contributed by atoms with Gasteiger partial charge in [0.1, 0.15) is 6.61 Å².